The lowest BCUT2D eigenvalue weighted by molar-refractivity contribution is 0.0680. The number of aromatic carboxylic acids is 2. The van der Waals surface area contributed by atoms with E-state index in [1.165, 1.54) is 0 Å². The van der Waals surface area contributed by atoms with Gasteiger partial charge in [-0.05, 0) is 47.9 Å². The normalized spacial score (nSPS) is 11.6. The Morgan fingerprint density at radius 1 is 0.688 bits per heavy atom. The number of hydrogen-bond acceptors (Lipinski definition) is 6. The third-order valence-electron chi connectivity index (χ3n) is 5.11. The Morgan fingerprint density at radius 3 is 1.12 bits per heavy atom. The van der Waals surface area contributed by atoms with Crippen LogP contribution in [0.4, 0.5) is 0 Å². The minimum Gasteiger partial charge on any atom is -0.507 e. The summed E-state index contributed by atoms with van der Waals surface area (Å²) in [4.78, 5) is 23.3. The Kier molecular flexibility index (Phi) is 8.37. The van der Waals surface area contributed by atoms with Crippen LogP contribution in [0, 0.1) is 13.8 Å². The molecule has 0 aliphatic rings. The molecular weight excluding hydrogens is 448 g/mol. The van der Waals surface area contributed by atoms with Crippen LogP contribution in [0.5, 0.6) is 11.5 Å². The van der Waals surface area contributed by atoms with E-state index in [0.717, 1.165) is 0 Å². The van der Waals surface area contributed by atoms with Crippen molar-refractivity contribution in [1.29, 1.82) is 0 Å². The van der Waals surface area contributed by atoms with E-state index in [0.29, 0.717) is 32.0 Å². The molecule has 0 heterocycles. The van der Waals surface area contributed by atoms with Crippen molar-refractivity contribution in [3.05, 3.63) is 45.5 Å². The molecule has 4 N–H and O–H groups in total. The van der Waals surface area contributed by atoms with Crippen molar-refractivity contribution in [2.75, 3.05) is 0 Å². The maximum atomic E-state index is 11.1. The number of aromatic hydroxyl groups is 2. The van der Waals surface area contributed by atoms with Crippen LogP contribution in [-0.4, -0.2) is 32.4 Å². The molecule has 0 aromatic heterocycles. The van der Waals surface area contributed by atoms with Gasteiger partial charge in [0.15, 0.2) is 0 Å². The highest BCUT2D eigenvalue weighted by atomic mass is 32.1. The fourth-order valence-electron chi connectivity index (χ4n) is 3.17. The number of carboxylic acid groups (broad SMARTS) is 2. The zero-order chi connectivity index (χ0) is 25.3. The second kappa shape index (κ2) is 9.67. The van der Waals surface area contributed by atoms with Gasteiger partial charge in [-0.2, -0.15) is 0 Å². The molecule has 0 spiro atoms. The molecule has 0 radical (unpaired) electrons. The topological polar surface area (TPSA) is 115 Å². The number of carboxylic acids is 2. The van der Waals surface area contributed by atoms with Gasteiger partial charge in [0, 0.05) is 20.9 Å². The van der Waals surface area contributed by atoms with Crippen molar-refractivity contribution in [2.24, 2.45) is 0 Å². The molecule has 0 atom stereocenters. The van der Waals surface area contributed by atoms with Crippen LogP contribution in [0.3, 0.4) is 0 Å². The van der Waals surface area contributed by atoms with Crippen molar-refractivity contribution in [3.63, 3.8) is 0 Å². The lowest BCUT2D eigenvalue weighted by Crippen LogP contribution is -2.14. The molecule has 8 heteroatoms. The number of thiol groups is 2. The van der Waals surface area contributed by atoms with Crippen molar-refractivity contribution >= 4 is 37.2 Å². The molecular formula is C24H32O6S2. The number of hydrogen-bond donors (Lipinski definition) is 6. The van der Waals surface area contributed by atoms with Gasteiger partial charge in [-0.15, -0.1) is 25.3 Å². The van der Waals surface area contributed by atoms with Crippen LogP contribution in [0.25, 0.3) is 0 Å². The third kappa shape index (κ3) is 5.92. The molecule has 0 unspecified atom stereocenters. The average Bonchev–Trinajstić information content (AvgIpc) is 2.59. The maximum absolute atomic E-state index is 11.1. The Morgan fingerprint density at radius 2 is 0.938 bits per heavy atom. The van der Waals surface area contributed by atoms with Crippen LogP contribution in [-0.2, 0) is 10.8 Å². The van der Waals surface area contributed by atoms with Crippen molar-refractivity contribution in [1.82, 2.24) is 0 Å². The summed E-state index contributed by atoms with van der Waals surface area (Å²) in [5, 5.41) is 38.1. The third-order valence-corrected chi connectivity index (χ3v) is 6.04. The molecule has 2 aromatic rings. The molecule has 0 amide bonds. The molecule has 0 saturated carbocycles. The second-order valence-corrected chi connectivity index (χ2v) is 10.7. The van der Waals surface area contributed by atoms with E-state index in [1.54, 1.807) is 26.0 Å². The van der Waals surface area contributed by atoms with Crippen LogP contribution in [0.15, 0.2) is 21.9 Å². The summed E-state index contributed by atoms with van der Waals surface area (Å²) in [6, 6.07) is 3.44. The molecule has 0 bridgehead atoms. The predicted octanol–water partition coefficient (Wildman–Crippen LogP) is 5.97. The zero-order valence-corrected chi connectivity index (χ0v) is 21.4. The van der Waals surface area contributed by atoms with E-state index >= 15 is 0 Å². The van der Waals surface area contributed by atoms with Crippen LogP contribution >= 0.6 is 25.3 Å². The van der Waals surface area contributed by atoms with Crippen molar-refractivity contribution < 1.29 is 30.0 Å². The predicted molar refractivity (Wildman–Crippen MR) is 132 cm³/mol. The quantitative estimate of drug-likeness (QED) is 0.295. The molecule has 0 aliphatic carbocycles. The summed E-state index contributed by atoms with van der Waals surface area (Å²) in [5.41, 5.74) is 1.41. The first-order chi connectivity index (χ1) is 14.3. The lowest BCUT2D eigenvalue weighted by atomic mass is 9.84. The lowest BCUT2D eigenvalue weighted by Gasteiger charge is -2.23. The highest BCUT2D eigenvalue weighted by molar-refractivity contribution is 7.80. The summed E-state index contributed by atoms with van der Waals surface area (Å²) in [6.07, 6.45) is 0. The molecule has 0 aliphatic heterocycles. The number of phenols is 2. The minimum atomic E-state index is -1.13. The van der Waals surface area contributed by atoms with Gasteiger partial charge in [0.25, 0.3) is 0 Å². The highest BCUT2D eigenvalue weighted by Gasteiger charge is 2.26. The number of carbonyl (C=O) groups is 2. The Labute approximate surface area is 200 Å². The van der Waals surface area contributed by atoms with Crippen LogP contribution in [0.2, 0.25) is 0 Å². The monoisotopic (exact) mass is 480 g/mol. The average molecular weight is 481 g/mol. The summed E-state index contributed by atoms with van der Waals surface area (Å²) in [6.45, 7) is 14.8. The molecule has 176 valence electrons. The Hall–Kier alpha value is -2.32. The van der Waals surface area contributed by atoms with Gasteiger partial charge in [-0.25, -0.2) is 9.59 Å². The Balaban J connectivity index is 0.000000320. The van der Waals surface area contributed by atoms with Gasteiger partial charge in [-0.1, -0.05) is 41.5 Å². The molecule has 2 rings (SSSR count). The standard InChI is InChI=1S/2C12H16O3S/c2*1-6-8(16)5-7(12(2,3)4)10(13)9(6)11(14)15/h2*5,13,16H,1-4H3,(H,14,15). The summed E-state index contributed by atoms with van der Waals surface area (Å²) in [5.74, 6) is -2.57. The van der Waals surface area contributed by atoms with Crippen LogP contribution < -0.4 is 0 Å². The molecule has 6 nitrogen and oxygen atoms in total. The molecule has 32 heavy (non-hydrogen) atoms. The number of benzene rings is 2. The molecule has 0 fully saturated rings. The van der Waals surface area contributed by atoms with E-state index in [9.17, 15) is 19.8 Å². The first kappa shape index (κ1) is 27.7. The molecule has 2 aromatic carbocycles. The van der Waals surface area contributed by atoms with E-state index in [2.05, 4.69) is 25.3 Å². The van der Waals surface area contributed by atoms with Gasteiger partial charge in [0.1, 0.15) is 22.6 Å². The highest BCUT2D eigenvalue weighted by Crippen LogP contribution is 2.38. The Bertz CT molecular complexity index is 975. The second-order valence-electron chi connectivity index (χ2n) is 9.69. The summed E-state index contributed by atoms with van der Waals surface area (Å²) >= 11 is 8.47. The van der Waals surface area contributed by atoms with Gasteiger partial charge >= 0.3 is 11.9 Å². The zero-order valence-electron chi connectivity index (χ0n) is 19.7. The van der Waals surface area contributed by atoms with Gasteiger partial charge in [-0.3, -0.25) is 0 Å². The largest absolute Gasteiger partial charge is 0.507 e. The fourth-order valence-corrected chi connectivity index (χ4v) is 3.66. The smallest absolute Gasteiger partial charge is 0.339 e. The first-order valence-electron chi connectivity index (χ1n) is 9.90. The van der Waals surface area contributed by atoms with E-state index in [4.69, 9.17) is 10.2 Å². The van der Waals surface area contributed by atoms with E-state index in [1.807, 2.05) is 41.5 Å². The summed E-state index contributed by atoms with van der Waals surface area (Å²) < 4.78 is 0. The van der Waals surface area contributed by atoms with E-state index < -0.39 is 11.9 Å². The van der Waals surface area contributed by atoms with E-state index in [-0.39, 0.29) is 33.5 Å². The number of rotatable bonds is 2. The SMILES string of the molecule is Cc1c(S)cc(C(C)(C)C)c(O)c1C(=O)O.Cc1c(S)cc(C(C)(C)C)c(O)c1C(=O)O. The first-order valence-corrected chi connectivity index (χ1v) is 10.8. The fraction of sp³-hybridized carbons (Fsp3) is 0.417. The van der Waals surface area contributed by atoms with Gasteiger partial charge < -0.3 is 20.4 Å². The summed E-state index contributed by atoms with van der Waals surface area (Å²) in [7, 11) is 0. The molecule has 0 saturated heterocycles. The van der Waals surface area contributed by atoms with Crippen LogP contribution in [0.1, 0.15) is 84.5 Å². The minimum absolute atomic E-state index is 0.0579. The van der Waals surface area contributed by atoms with Gasteiger partial charge in [0.2, 0.25) is 0 Å². The maximum Gasteiger partial charge on any atom is 0.339 e. The van der Waals surface area contributed by atoms with Crippen molar-refractivity contribution in [3.8, 4) is 11.5 Å². The van der Waals surface area contributed by atoms with Crippen molar-refractivity contribution in [2.45, 2.75) is 76.0 Å². The van der Waals surface area contributed by atoms with Gasteiger partial charge in [0.05, 0.1) is 0 Å².